The van der Waals surface area contributed by atoms with E-state index in [1.165, 1.54) is 0 Å². The van der Waals surface area contributed by atoms with E-state index in [4.69, 9.17) is 4.74 Å². The maximum Gasteiger partial charge on any atom is 0.0971 e. The summed E-state index contributed by atoms with van der Waals surface area (Å²) in [6.45, 7) is 3.65. The molecule has 4 heteroatoms. The van der Waals surface area contributed by atoms with Gasteiger partial charge < -0.3 is 9.84 Å². The molecule has 1 saturated heterocycles. The molecule has 3 nitrogen and oxygen atoms in total. The Kier molecular flexibility index (Phi) is 3.72. The van der Waals surface area contributed by atoms with Crippen molar-refractivity contribution in [1.29, 1.82) is 0 Å². The number of rotatable bonds is 3. The molecular formula is C11H17NO2S. The summed E-state index contributed by atoms with van der Waals surface area (Å²) in [5.41, 5.74) is 0.837. The molecule has 0 radical (unpaired) electrons. The molecule has 1 aromatic heterocycles. The molecule has 1 N–H and O–H groups in total. The summed E-state index contributed by atoms with van der Waals surface area (Å²) >= 11 is 1.60. The smallest absolute Gasteiger partial charge is 0.0971 e. The van der Waals surface area contributed by atoms with Crippen LogP contribution in [0.5, 0.6) is 0 Å². The van der Waals surface area contributed by atoms with Gasteiger partial charge >= 0.3 is 0 Å². The zero-order chi connectivity index (χ0) is 10.7. The summed E-state index contributed by atoms with van der Waals surface area (Å²) in [6, 6.07) is 0. The zero-order valence-electron chi connectivity index (χ0n) is 8.98. The maximum absolute atomic E-state index is 9.99. The number of aliphatic hydroxyl groups is 1. The number of aliphatic hydroxyl groups excluding tert-OH is 1. The van der Waals surface area contributed by atoms with Gasteiger partial charge in [-0.2, -0.15) is 0 Å². The Bertz CT molecular complexity index is 307. The Hall–Kier alpha value is -0.450. The monoisotopic (exact) mass is 227 g/mol. The fourth-order valence-corrected chi connectivity index (χ4v) is 2.61. The van der Waals surface area contributed by atoms with E-state index in [2.05, 4.69) is 4.98 Å². The third kappa shape index (κ3) is 3.00. The highest BCUT2D eigenvalue weighted by Crippen LogP contribution is 2.27. The molecule has 2 heterocycles. The highest BCUT2D eigenvalue weighted by atomic mass is 32.1. The predicted molar refractivity (Wildman–Crippen MR) is 60.0 cm³/mol. The van der Waals surface area contributed by atoms with Gasteiger partial charge in [0.2, 0.25) is 0 Å². The van der Waals surface area contributed by atoms with Crippen molar-refractivity contribution >= 4 is 11.3 Å². The molecule has 1 atom stereocenters. The molecule has 0 bridgehead atoms. The molecule has 1 aliphatic heterocycles. The van der Waals surface area contributed by atoms with Crippen LogP contribution in [0.4, 0.5) is 0 Å². The molecule has 1 unspecified atom stereocenters. The van der Waals surface area contributed by atoms with Crippen molar-refractivity contribution < 1.29 is 9.84 Å². The van der Waals surface area contributed by atoms with E-state index in [-0.39, 0.29) is 0 Å². The molecule has 15 heavy (non-hydrogen) atoms. The number of aryl methyl sites for hydroxylation is 1. The highest BCUT2D eigenvalue weighted by Gasteiger charge is 2.20. The van der Waals surface area contributed by atoms with Crippen LogP contribution in [-0.2, 0) is 4.74 Å². The van der Waals surface area contributed by atoms with Crippen LogP contribution in [0.1, 0.15) is 36.1 Å². The van der Waals surface area contributed by atoms with E-state index in [0.717, 1.165) is 43.2 Å². The molecule has 0 aliphatic carbocycles. The highest BCUT2D eigenvalue weighted by molar-refractivity contribution is 7.09. The summed E-state index contributed by atoms with van der Waals surface area (Å²) in [7, 11) is 0. The Morgan fingerprint density at radius 2 is 2.33 bits per heavy atom. The van der Waals surface area contributed by atoms with Crippen molar-refractivity contribution in [1.82, 2.24) is 4.98 Å². The summed E-state index contributed by atoms with van der Waals surface area (Å²) in [6.07, 6.45) is 2.57. The predicted octanol–water partition coefficient (Wildman–Crippen LogP) is 2.30. The Balaban J connectivity index is 1.88. The molecule has 1 fully saturated rings. The average molecular weight is 227 g/mol. The second-order valence-electron chi connectivity index (χ2n) is 4.10. The van der Waals surface area contributed by atoms with Crippen molar-refractivity contribution in [3.63, 3.8) is 0 Å². The Morgan fingerprint density at radius 1 is 1.60 bits per heavy atom. The Labute approximate surface area is 94.1 Å². The minimum absolute atomic E-state index is 0.391. The van der Waals surface area contributed by atoms with Crippen molar-refractivity contribution in [2.24, 2.45) is 5.92 Å². The second-order valence-corrected chi connectivity index (χ2v) is 5.16. The lowest BCUT2D eigenvalue weighted by Gasteiger charge is -2.23. The lowest BCUT2D eigenvalue weighted by Crippen LogP contribution is -2.18. The third-order valence-electron chi connectivity index (χ3n) is 2.88. The van der Waals surface area contributed by atoms with Crippen molar-refractivity contribution in [3.8, 4) is 0 Å². The van der Waals surface area contributed by atoms with Crippen LogP contribution in [0.15, 0.2) is 5.38 Å². The van der Waals surface area contributed by atoms with Gasteiger partial charge in [-0.3, -0.25) is 0 Å². The van der Waals surface area contributed by atoms with E-state index >= 15 is 0 Å². The van der Waals surface area contributed by atoms with Gasteiger partial charge in [0.15, 0.2) is 0 Å². The van der Waals surface area contributed by atoms with Crippen LogP contribution in [0.25, 0.3) is 0 Å². The van der Waals surface area contributed by atoms with Gasteiger partial charge in [0, 0.05) is 18.6 Å². The SMILES string of the molecule is Cc1nc(C(O)CC2CCOCC2)cs1. The van der Waals surface area contributed by atoms with Gasteiger partial charge in [-0.1, -0.05) is 0 Å². The second kappa shape index (κ2) is 5.05. The molecule has 0 saturated carbocycles. The first-order valence-corrected chi connectivity index (χ1v) is 6.31. The first-order valence-electron chi connectivity index (χ1n) is 5.43. The molecule has 0 spiro atoms. The molecular weight excluding hydrogens is 210 g/mol. The lowest BCUT2D eigenvalue weighted by atomic mass is 9.93. The number of hydrogen-bond donors (Lipinski definition) is 1. The quantitative estimate of drug-likeness (QED) is 0.861. The first kappa shape index (κ1) is 11.0. The van der Waals surface area contributed by atoms with Crippen LogP contribution in [-0.4, -0.2) is 23.3 Å². The fraction of sp³-hybridized carbons (Fsp3) is 0.727. The van der Waals surface area contributed by atoms with Crippen LogP contribution in [0, 0.1) is 12.8 Å². The summed E-state index contributed by atoms with van der Waals surface area (Å²) in [5, 5.41) is 13.0. The maximum atomic E-state index is 9.99. The topological polar surface area (TPSA) is 42.4 Å². The lowest BCUT2D eigenvalue weighted by molar-refractivity contribution is 0.0428. The van der Waals surface area contributed by atoms with Crippen LogP contribution >= 0.6 is 11.3 Å². The molecule has 2 rings (SSSR count). The van der Waals surface area contributed by atoms with Gasteiger partial charge in [-0.15, -0.1) is 11.3 Å². The van der Waals surface area contributed by atoms with Crippen LogP contribution < -0.4 is 0 Å². The van der Waals surface area contributed by atoms with Crippen LogP contribution in [0.2, 0.25) is 0 Å². The van der Waals surface area contributed by atoms with E-state index in [0.29, 0.717) is 5.92 Å². The Morgan fingerprint density at radius 3 is 2.93 bits per heavy atom. The van der Waals surface area contributed by atoms with E-state index < -0.39 is 6.10 Å². The van der Waals surface area contributed by atoms with Crippen molar-refractivity contribution in [2.75, 3.05) is 13.2 Å². The summed E-state index contributed by atoms with van der Waals surface area (Å²) in [4.78, 5) is 4.31. The normalized spacial score (nSPS) is 20.4. The number of thiazole rings is 1. The number of aromatic nitrogens is 1. The minimum Gasteiger partial charge on any atom is -0.387 e. The summed E-state index contributed by atoms with van der Waals surface area (Å²) in [5.74, 6) is 0.593. The van der Waals surface area contributed by atoms with Gasteiger partial charge in [0.05, 0.1) is 16.8 Å². The van der Waals surface area contributed by atoms with Gasteiger partial charge in [0.25, 0.3) is 0 Å². The van der Waals surface area contributed by atoms with Crippen molar-refractivity contribution in [3.05, 3.63) is 16.1 Å². The van der Waals surface area contributed by atoms with Crippen LogP contribution in [0.3, 0.4) is 0 Å². The zero-order valence-corrected chi connectivity index (χ0v) is 9.80. The molecule has 0 amide bonds. The average Bonchev–Trinajstić information content (AvgIpc) is 2.66. The standard InChI is InChI=1S/C11H17NO2S/c1-8-12-10(7-15-8)11(13)6-9-2-4-14-5-3-9/h7,9,11,13H,2-6H2,1H3. The minimum atomic E-state index is -0.391. The molecule has 1 aromatic rings. The van der Waals surface area contributed by atoms with E-state index in [1.807, 2.05) is 12.3 Å². The van der Waals surface area contributed by atoms with E-state index in [9.17, 15) is 5.11 Å². The molecule has 1 aliphatic rings. The van der Waals surface area contributed by atoms with Gasteiger partial charge in [-0.05, 0) is 32.1 Å². The van der Waals surface area contributed by atoms with Crippen molar-refractivity contribution in [2.45, 2.75) is 32.3 Å². The number of hydrogen-bond acceptors (Lipinski definition) is 4. The largest absolute Gasteiger partial charge is 0.387 e. The number of nitrogens with zero attached hydrogens (tertiary/aromatic N) is 1. The fourth-order valence-electron chi connectivity index (χ4n) is 1.95. The van der Waals surface area contributed by atoms with Gasteiger partial charge in [-0.25, -0.2) is 4.98 Å². The first-order chi connectivity index (χ1) is 7.25. The molecule has 0 aromatic carbocycles. The third-order valence-corrected chi connectivity index (χ3v) is 3.67. The summed E-state index contributed by atoms with van der Waals surface area (Å²) < 4.78 is 5.30. The number of ether oxygens (including phenoxy) is 1. The van der Waals surface area contributed by atoms with Gasteiger partial charge in [0.1, 0.15) is 0 Å². The van der Waals surface area contributed by atoms with E-state index in [1.54, 1.807) is 11.3 Å². The molecule has 84 valence electrons.